The van der Waals surface area contributed by atoms with Crippen LogP contribution < -0.4 is 0 Å². The van der Waals surface area contributed by atoms with E-state index in [1.807, 2.05) is 36.9 Å². The van der Waals surface area contributed by atoms with Crippen molar-refractivity contribution in [3.8, 4) is 0 Å². The van der Waals surface area contributed by atoms with E-state index in [1.165, 1.54) is 11.8 Å². The van der Waals surface area contributed by atoms with Crippen LogP contribution in [0, 0.1) is 0 Å². The topological polar surface area (TPSA) is 42.4 Å². The van der Waals surface area contributed by atoms with Crippen molar-refractivity contribution in [1.29, 1.82) is 0 Å². The standard InChI is InChI=1S/C15H17ClN2O2S2/c1-9-6-18(7-10(2)20-9)14(19)8-21-15-17-12-5-11(16)3-4-13(12)22-15/h3-5,9-10H,6-8H2,1-2H3. The molecule has 0 aliphatic carbocycles. The Balaban J connectivity index is 1.62. The number of halogens is 1. The number of fused-ring (bicyclic) bond motifs is 1. The van der Waals surface area contributed by atoms with Gasteiger partial charge in [0.05, 0.1) is 28.2 Å². The number of rotatable bonds is 3. The summed E-state index contributed by atoms with van der Waals surface area (Å²) in [5, 5.41) is 0.682. The Bertz CT molecular complexity index is 681. The van der Waals surface area contributed by atoms with Crippen molar-refractivity contribution < 1.29 is 9.53 Å². The first-order chi connectivity index (χ1) is 10.5. The van der Waals surface area contributed by atoms with Gasteiger partial charge in [-0.25, -0.2) is 4.98 Å². The molecular formula is C15H17ClN2O2S2. The lowest BCUT2D eigenvalue weighted by Gasteiger charge is -2.35. The van der Waals surface area contributed by atoms with Gasteiger partial charge in [0, 0.05) is 18.1 Å². The number of benzene rings is 1. The minimum atomic E-state index is 0.0993. The number of morpholine rings is 1. The van der Waals surface area contributed by atoms with Crippen LogP contribution >= 0.6 is 34.7 Å². The van der Waals surface area contributed by atoms with E-state index in [9.17, 15) is 4.79 Å². The van der Waals surface area contributed by atoms with Crippen molar-refractivity contribution in [3.63, 3.8) is 0 Å². The maximum Gasteiger partial charge on any atom is 0.233 e. The van der Waals surface area contributed by atoms with Gasteiger partial charge < -0.3 is 9.64 Å². The summed E-state index contributed by atoms with van der Waals surface area (Å²) >= 11 is 9.05. The average Bonchev–Trinajstić information content (AvgIpc) is 2.85. The van der Waals surface area contributed by atoms with Gasteiger partial charge in [-0.2, -0.15) is 0 Å². The number of hydrogen-bond acceptors (Lipinski definition) is 5. The van der Waals surface area contributed by atoms with Crippen LogP contribution in [0.3, 0.4) is 0 Å². The molecule has 1 aromatic carbocycles. The van der Waals surface area contributed by atoms with Crippen LogP contribution in [0.25, 0.3) is 10.2 Å². The second-order valence-corrected chi connectivity index (χ2v) is 8.13. The Morgan fingerprint density at radius 1 is 1.45 bits per heavy atom. The Labute approximate surface area is 142 Å². The third-order valence-electron chi connectivity index (χ3n) is 3.42. The highest BCUT2D eigenvalue weighted by molar-refractivity contribution is 8.01. The highest BCUT2D eigenvalue weighted by Crippen LogP contribution is 2.31. The van der Waals surface area contributed by atoms with Gasteiger partial charge in [-0.3, -0.25) is 4.79 Å². The zero-order chi connectivity index (χ0) is 15.7. The molecule has 3 rings (SSSR count). The van der Waals surface area contributed by atoms with E-state index in [1.54, 1.807) is 11.3 Å². The van der Waals surface area contributed by atoms with Crippen LogP contribution in [-0.2, 0) is 9.53 Å². The van der Waals surface area contributed by atoms with Gasteiger partial charge in [0.15, 0.2) is 4.34 Å². The second kappa shape index (κ2) is 6.74. The molecule has 0 bridgehead atoms. The molecular weight excluding hydrogens is 340 g/mol. The Morgan fingerprint density at radius 2 is 2.18 bits per heavy atom. The van der Waals surface area contributed by atoms with Gasteiger partial charge in [-0.05, 0) is 32.0 Å². The highest BCUT2D eigenvalue weighted by atomic mass is 35.5. The van der Waals surface area contributed by atoms with E-state index in [4.69, 9.17) is 16.3 Å². The Morgan fingerprint density at radius 3 is 2.91 bits per heavy atom. The van der Waals surface area contributed by atoms with Crippen molar-refractivity contribution in [1.82, 2.24) is 9.88 Å². The van der Waals surface area contributed by atoms with Gasteiger partial charge in [0.25, 0.3) is 0 Å². The molecule has 0 spiro atoms. The van der Waals surface area contributed by atoms with Crippen molar-refractivity contribution in [2.24, 2.45) is 0 Å². The lowest BCUT2D eigenvalue weighted by Crippen LogP contribution is -2.48. The third-order valence-corrected chi connectivity index (χ3v) is 5.82. The molecule has 2 unspecified atom stereocenters. The van der Waals surface area contributed by atoms with Crippen LogP contribution in [0.1, 0.15) is 13.8 Å². The summed E-state index contributed by atoms with van der Waals surface area (Å²) in [5.41, 5.74) is 0.890. The quantitative estimate of drug-likeness (QED) is 0.787. The summed E-state index contributed by atoms with van der Waals surface area (Å²) in [5.74, 6) is 0.553. The normalized spacial score (nSPS) is 22.2. The smallest absolute Gasteiger partial charge is 0.233 e. The first-order valence-electron chi connectivity index (χ1n) is 7.13. The number of thiazole rings is 1. The van der Waals surface area contributed by atoms with E-state index in [2.05, 4.69) is 4.98 Å². The zero-order valence-electron chi connectivity index (χ0n) is 12.4. The highest BCUT2D eigenvalue weighted by Gasteiger charge is 2.25. The molecule has 0 radical (unpaired) electrons. The fourth-order valence-corrected chi connectivity index (χ4v) is 4.66. The number of nitrogens with zero attached hydrogens (tertiary/aromatic N) is 2. The Kier molecular flexibility index (Phi) is 4.92. The number of carbonyl (C=O) groups excluding carboxylic acids is 1. The van der Waals surface area contributed by atoms with Crippen LogP contribution in [0.5, 0.6) is 0 Å². The summed E-state index contributed by atoms with van der Waals surface area (Å²) in [7, 11) is 0. The maximum atomic E-state index is 12.3. The van der Waals surface area contributed by atoms with Crippen molar-refractivity contribution in [2.45, 2.75) is 30.4 Å². The number of ether oxygens (including phenoxy) is 1. The molecule has 0 saturated carbocycles. The lowest BCUT2D eigenvalue weighted by atomic mass is 10.2. The van der Waals surface area contributed by atoms with Gasteiger partial charge in [-0.15, -0.1) is 11.3 Å². The van der Waals surface area contributed by atoms with E-state index in [0.717, 1.165) is 14.6 Å². The van der Waals surface area contributed by atoms with Crippen LogP contribution in [0.4, 0.5) is 0 Å². The van der Waals surface area contributed by atoms with E-state index in [0.29, 0.717) is 23.9 Å². The monoisotopic (exact) mass is 356 g/mol. The molecule has 2 atom stereocenters. The summed E-state index contributed by atoms with van der Waals surface area (Å²) in [6, 6.07) is 5.68. The van der Waals surface area contributed by atoms with Crippen molar-refractivity contribution >= 4 is 50.8 Å². The molecule has 1 amide bonds. The molecule has 22 heavy (non-hydrogen) atoms. The van der Waals surface area contributed by atoms with E-state index < -0.39 is 0 Å². The predicted molar refractivity (Wildman–Crippen MR) is 91.9 cm³/mol. The number of amides is 1. The SMILES string of the molecule is CC1CN(C(=O)CSc2nc3cc(Cl)ccc3s2)CC(C)O1. The zero-order valence-corrected chi connectivity index (χ0v) is 14.8. The second-order valence-electron chi connectivity index (χ2n) is 5.44. The van der Waals surface area contributed by atoms with Crippen molar-refractivity contribution in [2.75, 3.05) is 18.8 Å². The molecule has 1 aliphatic rings. The summed E-state index contributed by atoms with van der Waals surface area (Å²) in [6.45, 7) is 5.33. The molecule has 1 saturated heterocycles. The molecule has 1 aliphatic heterocycles. The first kappa shape index (κ1) is 16.1. The molecule has 2 aromatic rings. The number of thioether (sulfide) groups is 1. The third kappa shape index (κ3) is 3.74. The van der Waals surface area contributed by atoms with Gasteiger partial charge in [-0.1, -0.05) is 23.4 Å². The van der Waals surface area contributed by atoms with Crippen LogP contribution in [0.2, 0.25) is 5.02 Å². The molecule has 4 nitrogen and oxygen atoms in total. The Hall–Kier alpha value is -0.820. The molecule has 0 N–H and O–H groups in total. The number of hydrogen-bond donors (Lipinski definition) is 0. The largest absolute Gasteiger partial charge is 0.372 e. The van der Waals surface area contributed by atoms with Crippen LogP contribution in [0.15, 0.2) is 22.5 Å². The molecule has 1 fully saturated rings. The average molecular weight is 357 g/mol. The fraction of sp³-hybridized carbons (Fsp3) is 0.467. The first-order valence-corrected chi connectivity index (χ1v) is 9.31. The number of aromatic nitrogens is 1. The molecule has 1 aromatic heterocycles. The van der Waals surface area contributed by atoms with Crippen molar-refractivity contribution in [3.05, 3.63) is 23.2 Å². The van der Waals surface area contributed by atoms with E-state index in [-0.39, 0.29) is 18.1 Å². The van der Waals surface area contributed by atoms with Gasteiger partial charge >= 0.3 is 0 Å². The number of carbonyl (C=O) groups is 1. The van der Waals surface area contributed by atoms with Gasteiger partial charge in [0.2, 0.25) is 5.91 Å². The minimum absolute atomic E-state index is 0.0993. The molecule has 7 heteroatoms. The maximum absolute atomic E-state index is 12.3. The van der Waals surface area contributed by atoms with Crippen LogP contribution in [-0.4, -0.2) is 46.8 Å². The van der Waals surface area contributed by atoms with Gasteiger partial charge in [0.1, 0.15) is 0 Å². The molecule has 2 heterocycles. The molecule has 118 valence electrons. The van der Waals surface area contributed by atoms with E-state index >= 15 is 0 Å². The minimum Gasteiger partial charge on any atom is -0.372 e. The summed E-state index contributed by atoms with van der Waals surface area (Å²) in [6.07, 6.45) is 0.199. The summed E-state index contributed by atoms with van der Waals surface area (Å²) < 4.78 is 7.65. The predicted octanol–water partition coefficient (Wildman–Crippen LogP) is 3.68. The summed E-state index contributed by atoms with van der Waals surface area (Å²) in [4.78, 5) is 18.7. The fourth-order valence-electron chi connectivity index (χ4n) is 2.54. The lowest BCUT2D eigenvalue weighted by molar-refractivity contribution is -0.140.